The number of rotatable bonds is 7. The molecule has 1 rings (SSSR count). The van der Waals surface area contributed by atoms with Gasteiger partial charge in [0, 0.05) is 18.8 Å². The molecule has 4 nitrogen and oxygen atoms in total. The van der Waals surface area contributed by atoms with E-state index in [0.29, 0.717) is 13.2 Å². The van der Waals surface area contributed by atoms with Gasteiger partial charge in [-0.25, -0.2) is 0 Å². The third kappa shape index (κ3) is 5.30. The molecule has 1 N–H and O–H groups in total. The number of aliphatic hydroxyl groups excluding tert-OH is 1. The first-order chi connectivity index (χ1) is 9.06. The van der Waals surface area contributed by atoms with Crippen molar-refractivity contribution in [3.8, 4) is 0 Å². The molecule has 0 saturated carbocycles. The summed E-state index contributed by atoms with van der Waals surface area (Å²) in [6.45, 7) is 7.38. The molecule has 1 atom stereocenters. The fourth-order valence-corrected chi connectivity index (χ4v) is 1.97. The summed E-state index contributed by atoms with van der Waals surface area (Å²) in [5.74, 6) is -0.352. The first-order valence-corrected chi connectivity index (χ1v) is 6.72. The summed E-state index contributed by atoms with van der Waals surface area (Å²) in [5.41, 5.74) is 2.24. The van der Waals surface area contributed by atoms with Crippen LogP contribution in [0.2, 0.25) is 0 Å². The van der Waals surface area contributed by atoms with Crippen LogP contribution in [0, 0.1) is 6.92 Å². The third-order valence-corrected chi connectivity index (χ3v) is 2.89. The zero-order valence-electron chi connectivity index (χ0n) is 11.9. The lowest BCUT2D eigenvalue weighted by atomic mass is 10.2. The molecule has 0 radical (unpaired) electrons. The Morgan fingerprint density at radius 1 is 1.42 bits per heavy atom. The van der Waals surface area contributed by atoms with Crippen LogP contribution in [-0.2, 0) is 9.53 Å². The molecule has 4 heteroatoms. The van der Waals surface area contributed by atoms with Gasteiger partial charge in [-0.2, -0.15) is 0 Å². The standard InChI is InChI=1S/C15H23NO3/c1-4-16(13-8-6-7-12(3)9-13)11-14(17)10-15(18)19-5-2/h6-9,14,17H,4-5,10-11H2,1-3H3. The summed E-state index contributed by atoms with van der Waals surface area (Å²) >= 11 is 0. The second-order valence-corrected chi connectivity index (χ2v) is 4.54. The van der Waals surface area contributed by atoms with E-state index in [2.05, 4.69) is 11.0 Å². The highest BCUT2D eigenvalue weighted by molar-refractivity contribution is 5.70. The van der Waals surface area contributed by atoms with Crippen molar-refractivity contribution in [1.82, 2.24) is 0 Å². The lowest BCUT2D eigenvalue weighted by Crippen LogP contribution is -2.34. The Bertz CT molecular complexity index is 406. The van der Waals surface area contributed by atoms with Crippen molar-refractivity contribution in [2.75, 3.05) is 24.6 Å². The van der Waals surface area contributed by atoms with Gasteiger partial charge in [0.15, 0.2) is 0 Å². The number of anilines is 1. The van der Waals surface area contributed by atoms with E-state index in [1.54, 1.807) is 6.92 Å². The van der Waals surface area contributed by atoms with E-state index >= 15 is 0 Å². The second-order valence-electron chi connectivity index (χ2n) is 4.54. The minimum atomic E-state index is -0.709. The molecule has 0 bridgehead atoms. The molecule has 106 valence electrons. The van der Waals surface area contributed by atoms with Gasteiger partial charge in [0.05, 0.1) is 19.1 Å². The zero-order chi connectivity index (χ0) is 14.3. The van der Waals surface area contributed by atoms with Gasteiger partial charge in [0.25, 0.3) is 0 Å². The number of hydrogen-bond acceptors (Lipinski definition) is 4. The lowest BCUT2D eigenvalue weighted by Gasteiger charge is -2.26. The largest absolute Gasteiger partial charge is 0.466 e. The van der Waals surface area contributed by atoms with E-state index in [4.69, 9.17) is 4.74 Å². The fourth-order valence-electron chi connectivity index (χ4n) is 1.97. The Morgan fingerprint density at radius 3 is 2.74 bits per heavy atom. The normalized spacial score (nSPS) is 12.0. The topological polar surface area (TPSA) is 49.8 Å². The van der Waals surface area contributed by atoms with Crippen molar-refractivity contribution in [3.63, 3.8) is 0 Å². The maximum absolute atomic E-state index is 11.3. The van der Waals surface area contributed by atoms with Crippen molar-refractivity contribution in [3.05, 3.63) is 29.8 Å². The van der Waals surface area contributed by atoms with Crippen LogP contribution in [0.4, 0.5) is 5.69 Å². The molecule has 0 aliphatic rings. The van der Waals surface area contributed by atoms with Gasteiger partial charge in [-0.3, -0.25) is 4.79 Å². The Kier molecular flexibility index (Phi) is 6.36. The zero-order valence-corrected chi connectivity index (χ0v) is 11.9. The monoisotopic (exact) mass is 265 g/mol. The van der Waals surface area contributed by atoms with Crippen LogP contribution in [-0.4, -0.2) is 36.9 Å². The van der Waals surface area contributed by atoms with Crippen molar-refractivity contribution >= 4 is 11.7 Å². The van der Waals surface area contributed by atoms with Crippen molar-refractivity contribution in [2.45, 2.75) is 33.3 Å². The number of likely N-dealkylation sites (N-methyl/N-ethyl adjacent to an activating group) is 1. The second kappa shape index (κ2) is 7.79. The van der Waals surface area contributed by atoms with Crippen LogP contribution in [0.3, 0.4) is 0 Å². The average Bonchev–Trinajstić information content (AvgIpc) is 2.36. The Hall–Kier alpha value is -1.55. The number of carbonyl (C=O) groups is 1. The van der Waals surface area contributed by atoms with Crippen LogP contribution in [0.15, 0.2) is 24.3 Å². The molecule has 0 fully saturated rings. The summed E-state index contributed by atoms with van der Waals surface area (Å²) in [7, 11) is 0. The lowest BCUT2D eigenvalue weighted by molar-refractivity contribution is -0.145. The number of carbonyl (C=O) groups excluding carboxylic acids is 1. The molecule has 0 aromatic heterocycles. The molecule has 1 unspecified atom stereocenters. The van der Waals surface area contributed by atoms with Crippen molar-refractivity contribution < 1.29 is 14.6 Å². The maximum Gasteiger partial charge on any atom is 0.308 e. The van der Waals surface area contributed by atoms with Crippen LogP contribution >= 0.6 is 0 Å². The Balaban J connectivity index is 2.59. The van der Waals surface area contributed by atoms with Crippen LogP contribution in [0.1, 0.15) is 25.8 Å². The molecule has 19 heavy (non-hydrogen) atoms. The summed E-state index contributed by atoms with van der Waals surface area (Å²) in [6.07, 6.45) is -0.671. The first-order valence-electron chi connectivity index (χ1n) is 6.72. The van der Waals surface area contributed by atoms with Gasteiger partial charge >= 0.3 is 5.97 Å². The number of esters is 1. The molecular weight excluding hydrogens is 242 g/mol. The van der Waals surface area contributed by atoms with E-state index in [-0.39, 0.29) is 12.4 Å². The molecule has 1 aromatic carbocycles. The highest BCUT2D eigenvalue weighted by Crippen LogP contribution is 2.16. The number of benzene rings is 1. The predicted octanol–water partition coefficient (Wildman–Crippen LogP) is 2.14. The van der Waals surface area contributed by atoms with E-state index < -0.39 is 6.10 Å². The summed E-state index contributed by atoms with van der Waals surface area (Å²) in [5, 5.41) is 9.94. The highest BCUT2D eigenvalue weighted by Gasteiger charge is 2.15. The summed E-state index contributed by atoms with van der Waals surface area (Å²) < 4.78 is 4.84. The number of aliphatic hydroxyl groups is 1. The van der Waals surface area contributed by atoms with Crippen molar-refractivity contribution in [1.29, 1.82) is 0 Å². The van der Waals surface area contributed by atoms with E-state index in [9.17, 15) is 9.90 Å². The van der Waals surface area contributed by atoms with E-state index in [1.807, 2.05) is 32.0 Å². The third-order valence-electron chi connectivity index (χ3n) is 2.89. The Morgan fingerprint density at radius 2 is 2.16 bits per heavy atom. The first kappa shape index (κ1) is 15.5. The van der Waals surface area contributed by atoms with Gasteiger partial charge in [0.1, 0.15) is 0 Å². The van der Waals surface area contributed by atoms with Gasteiger partial charge in [-0.1, -0.05) is 12.1 Å². The SMILES string of the molecule is CCOC(=O)CC(O)CN(CC)c1cccc(C)c1. The predicted molar refractivity (Wildman–Crippen MR) is 76.3 cm³/mol. The van der Waals surface area contributed by atoms with Crippen molar-refractivity contribution in [2.24, 2.45) is 0 Å². The van der Waals surface area contributed by atoms with Crippen LogP contribution in [0.5, 0.6) is 0 Å². The molecule has 0 heterocycles. The number of nitrogens with zero attached hydrogens (tertiary/aromatic N) is 1. The fraction of sp³-hybridized carbons (Fsp3) is 0.533. The van der Waals surface area contributed by atoms with E-state index in [0.717, 1.165) is 12.2 Å². The summed E-state index contributed by atoms with van der Waals surface area (Å²) in [6, 6.07) is 8.10. The van der Waals surface area contributed by atoms with E-state index in [1.165, 1.54) is 5.56 Å². The van der Waals surface area contributed by atoms with Gasteiger partial charge in [0.2, 0.25) is 0 Å². The highest BCUT2D eigenvalue weighted by atomic mass is 16.5. The molecule has 0 spiro atoms. The number of hydrogen-bond donors (Lipinski definition) is 1. The van der Waals surface area contributed by atoms with Crippen LogP contribution in [0.25, 0.3) is 0 Å². The quantitative estimate of drug-likeness (QED) is 0.767. The Labute approximate surface area is 115 Å². The molecular formula is C15H23NO3. The average molecular weight is 265 g/mol. The minimum absolute atomic E-state index is 0.0379. The molecule has 0 saturated heterocycles. The number of ether oxygens (including phenoxy) is 1. The number of aryl methyl sites for hydroxylation is 1. The summed E-state index contributed by atoms with van der Waals surface area (Å²) in [4.78, 5) is 13.4. The molecule has 0 aliphatic heterocycles. The van der Waals surface area contributed by atoms with Gasteiger partial charge < -0.3 is 14.7 Å². The molecule has 1 aromatic rings. The smallest absolute Gasteiger partial charge is 0.308 e. The van der Waals surface area contributed by atoms with Gasteiger partial charge in [-0.15, -0.1) is 0 Å². The molecule has 0 amide bonds. The van der Waals surface area contributed by atoms with Crippen LogP contribution < -0.4 is 4.90 Å². The molecule has 0 aliphatic carbocycles. The van der Waals surface area contributed by atoms with Gasteiger partial charge in [-0.05, 0) is 38.5 Å². The minimum Gasteiger partial charge on any atom is -0.466 e. The maximum atomic E-state index is 11.3.